The zero-order valence-corrected chi connectivity index (χ0v) is 11.3. The van der Waals surface area contributed by atoms with Crippen LogP contribution in [-0.2, 0) is 4.79 Å². The fourth-order valence-corrected chi connectivity index (χ4v) is 2.02. The number of fused-ring (bicyclic) bond motifs is 1. The van der Waals surface area contributed by atoms with Crippen molar-refractivity contribution in [3.63, 3.8) is 0 Å². The molecule has 1 aromatic heterocycles. The van der Waals surface area contributed by atoms with E-state index < -0.39 is 4.92 Å². The number of benzene rings is 1. The number of imidazole rings is 1. The predicted molar refractivity (Wildman–Crippen MR) is 77.0 cm³/mol. The smallest absolute Gasteiger partial charge is 0.271 e. The van der Waals surface area contributed by atoms with Gasteiger partial charge in [0.05, 0.1) is 16.0 Å². The van der Waals surface area contributed by atoms with Crippen molar-refractivity contribution < 1.29 is 9.72 Å². The molecule has 1 aliphatic rings. The monoisotopic (exact) mass is 289 g/mol. The summed E-state index contributed by atoms with van der Waals surface area (Å²) in [6.07, 6.45) is 2.51. The molecule has 0 spiro atoms. The van der Waals surface area contributed by atoms with Crippen LogP contribution in [0.1, 0.15) is 19.3 Å². The Morgan fingerprint density at radius 3 is 3.00 bits per heavy atom. The molecule has 1 fully saturated rings. The van der Waals surface area contributed by atoms with Crippen molar-refractivity contribution in [2.24, 2.45) is 0 Å². The number of nitrogens with zero attached hydrogens (tertiary/aromatic N) is 2. The fraction of sp³-hybridized carbons (Fsp3) is 0.385. The number of carbonyl (C=O) groups is 1. The van der Waals surface area contributed by atoms with E-state index in [0.717, 1.165) is 12.8 Å². The number of aromatic amines is 1. The first-order valence-corrected chi connectivity index (χ1v) is 6.79. The minimum atomic E-state index is -0.449. The number of nitro benzene ring substituents is 1. The predicted octanol–water partition coefficient (Wildman–Crippen LogP) is 1.55. The van der Waals surface area contributed by atoms with Crippen LogP contribution in [0.25, 0.3) is 11.0 Å². The number of non-ortho nitro benzene ring substituents is 1. The molecule has 110 valence electrons. The maximum atomic E-state index is 11.5. The van der Waals surface area contributed by atoms with Crippen molar-refractivity contribution in [3.05, 3.63) is 28.3 Å². The maximum Gasteiger partial charge on any atom is 0.271 e. The van der Waals surface area contributed by atoms with Crippen molar-refractivity contribution in [2.45, 2.75) is 25.3 Å². The molecule has 3 rings (SSSR count). The molecule has 0 unspecified atom stereocenters. The van der Waals surface area contributed by atoms with E-state index in [4.69, 9.17) is 0 Å². The van der Waals surface area contributed by atoms with E-state index in [-0.39, 0.29) is 11.6 Å². The molecule has 1 saturated carbocycles. The second-order valence-electron chi connectivity index (χ2n) is 5.06. The SMILES string of the molecule is O=C(CCNc1nc2ccc([N+](=O)[O-])cc2[nH]1)NC1CC1. The summed E-state index contributed by atoms with van der Waals surface area (Å²) in [5.74, 6) is 0.529. The second-order valence-corrected chi connectivity index (χ2v) is 5.06. The van der Waals surface area contributed by atoms with E-state index in [9.17, 15) is 14.9 Å². The number of hydrogen-bond donors (Lipinski definition) is 3. The van der Waals surface area contributed by atoms with Crippen molar-refractivity contribution in [1.29, 1.82) is 0 Å². The van der Waals surface area contributed by atoms with Crippen LogP contribution < -0.4 is 10.6 Å². The van der Waals surface area contributed by atoms with Gasteiger partial charge in [0.1, 0.15) is 0 Å². The van der Waals surface area contributed by atoms with E-state index >= 15 is 0 Å². The third kappa shape index (κ3) is 3.28. The highest BCUT2D eigenvalue weighted by Gasteiger charge is 2.22. The molecular weight excluding hydrogens is 274 g/mol. The number of carbonyl (C=O) groups excluding carboxylic acids is 1. The Labute approximate surface area is 120 Å². The molecule has 0 radical (unpaired) electrons. The van der Waals surface area contributed by atoms with Gasteiger partial charge in [0, 0.05) is 31.1 Å². The number of amides is 1. The van der Waals surface area contributed by atoms with Crippen molar-refractivity contribution in [1.82, 2.24) is 15.3 Å². The highest BCUT2D eigenvalue weighted by Crippen LogP contribution is 2.20. The Bertz CT molecular complexity index is 692. The van der Waals surface area contributed by atoms with E-state index in [1.807, 2.05) is 0 Å². The Balaban J connectivity index is 1.58. The van der Waals surface area contributed by atoms with Gasteiger partial charge in [0.2, 0.25) is 11.9 Å². The maximum absolute atomic E-state index is 11.5. The lowest BCUT2D eigenvalue weighted by atomic mass is 10.3. The lowest BCUT2D eigenvalue weighted by Crippen LogP contribution is -2.27. The van der Waals surface area contributed by atoms with Gasteiger partial charge in [-0.1, -0.05) is 0 Å². The molecule has 0 atom stereocenters. The van der Waals surface area contributed by atoms with E-state index in [1.165, 1.54) is 12.1 Å². The van der Waals surface area contributed by atoms with Gasteiger partial charge in [-0.2, -0.15) is 0 Å². The lowest BCUT2D eigenvalue weighted by Gasteiger charge is -2.03. The van der Waals surface area contributed by atoms with Gasteiger partial charge in [0.15, 0.2) is 0 Å². The average molecular weight is 289 g/mol. The van der Waals surface area contributed by atoms with Gasteiger partial charge in [-0.25, -0.2) is 4.98 Å². The zero-order valence-electron chi connectivity index (χ0n) is 11.3. The highest BCUT2D eigenvalue weighted by atomic mass is 16.6. The number of anilines is 1. The number of hydrogen-bond acceptors (Lipinski definition) is 5. The Hall–Kier alpha value is -2.64. The van der Waals surface area contributed by atoms with E-state index in [0.29, 0.717) is 36.0 Å². The van der Waals surface area contributed by atoms with Gasteiger partial charge in [-0.05, 0) is 18.9 Å². The standard InChI is InChI=1S/C13H15N5O3/c19-12(15-8-1-2-8)5-6-14-13-16-10-4-3-9(18(20)21)7-11(10)17-13/h3-4,7-8H,1-2,5-6H2,(H,15,19)(H2,14,16,17). The molecule has 0 saturated heterocycles. The van der Waals surface area contributed by atoms with Crippen LogP contribution in [0, 0.1) is 10.1 Å². The van der Waals surface area contributed by atoms with Crippen LogP contribution in [0.3, 0.4) is 0 Å². The summed E-state index contributed by atoms with van der Waals surface area (Å²) in [6, 6.07) is 4.81. The van der Waals surface area contributed by atoms with Crippen molar-refractivity contribution in [3.8, 4) is 0 Å². The quantitative estimate of drug-likeness (QED) is 0.551. The number of nitrogens with one attached hydrogen (secondary N) is 3. The molecule has 0 bridgehead atoms. The van der Waals surface area contributed by atoms with Gasteiger partial charge in [-0.3, -0.25) is 14.9 Å². The van der Waals surface area contributed by atoms with Crippen LogP contribution in [0.4, 0.5) is 11.6 Å². The van der Waals surface area contributed by atoms with Crippen molar-refractivity contribution in [2.75, 3.05) is 11.9 Å². The normalized spacial score (nSPS) is 14.1. The molecule has 1 heterocycles. The molecule has 1 amide bonds. The summed E-state index contributed by atoms with van der Waals surface area (Å²) in [5.41, 5.74) is 1.25. The Morgan fingerprint density at radius 2 is 2.29 bits per heavy atom. The summed E-state index contributed by atoms with van der Waals surface area (Å²) in [7, 11) is 0. The van der Waals surface area contributed by atoms with Gasteiger partial charge in [0.25, 0.3) is 5.69 Å². The van der Waals surface area contributed by atoms with Crippen LogP contribution in [0.2, 0.25) is 0 Å². The van der Waals surface area contributed by atoms with Crippen LogP contribution in [0.5, 0.6) is 0 Å². The number of rotatable bonds is 6. The first kappa shape index (κ1) is 13.3. The van der Waals surface area contributed by atoms with Crippen molar-refractivity contribution >= 4 is 28.6 Å². The van der Waals surface area contributed by atoms with Gasteiger partial charge >= 0.3 is 0 Å². The molecule has 8 heteroatoms. The van der Waals surface area contributed by atoms with Crippen LogP contribution in [0.15, 0.2) is 18.2 Å². The molecule has 1 aromatic carbocycles. The lowest BCUT2D eigenvalue weighted by molar-refractivity contribution is -0.384. The number of H-pyrrole nitrogens is 1. The van der Waals surface area contributed by atoms with Gasteiger partial charge in [-0.15, -0.1) is 0 Å². The molecule has 8 nitrogen and oxygen atoms in total. The summed E-state index contributed by atoms with van der Waals surface area (Å²) in [6.45, 7) is 0.459. The topological polar surface area (TPSA) is 113 Å². The Morgan fingerprint density at radius 1 is 1.48 bits per heavy atom. The number of nitro groups is 1. The molecule has 0 aliphatic heterocycles. The second kappa shape index (κ2) is 5.39. The summed E-state index contributed by atoms with van der Waals surface area (Å²) in [4.78, 5) is 29.0. The largest absolute Gasteiger partial charge is 0.355 e. The fourth-order valence-electron chi connectivity index (χ4n) is 2.02. The highest BCUT2D eigenvalue weighted by molar-refractivity contribution is 5.80. The molecule has 1 aliphatic carbocycles. The molecular formula is C13H15N5O3. The minimum Gasteiger partial charge on any atom is -0.355 e. The Kier molecular flexibility index (Phi) is 3.43. The van der Waals surface area contributed by atoms with Gasteiger partial charge < -0.3 is 15.6 Å². The first-order valence-electron chi connectivity index (χ1n) is 6.79. The summed E-state index contributed by atoms with van der Waals surface area (Å²) < 4.78 is 0. The molecule has 21 heavy (non-hydrogen) atoms. The molecule has 2 aromatic rings. The van der Waals surface area contributed by atoms with E-state index in [1.54, 1.807) is 6.07 Å². The zero-order chi connectivity index (χ0) is 14.8. The summed E-state index contributed by atoms with van der Waals surface area (Å²) >= 11 is 0. The van der Waals surface area contributed by atoms with Crippen LogP contribution >= 0.6 is 0 Å². The van der Waals surface area contributed by atoms with Crippen LogP contribution in [-0.4, -0.2) is 33.4 Å². The number of aromatic nitrogens is 2. The minimum absolute atomic E-state index is 0.0153. The first-order chi connectivity index (χ1) is 10.1. The molecule has 3 N–H and O–H groups in total. The third-order valence-corrected chi connectivity index (χ3v) is 3.26. The van der Waals surface area contributed by atoms with E-state index in [2.05, 4.69) is 20.6 Å². The third-order valence-electron chi connectivity index (χ3n) is 3.26. The average Bonchev–Trinajstić information content (AvgIpc) is 3.15. The summed E-state index contributed by atoms with van der Waals surface area (Å²) in [5, 5.41) is 16.6.